The number of aryl methyl sites for hydroxylation is 2. The molecule has 1 saturated carbocycles. The second-order valence-corrected chi connectivity index (χ2v) is 12.2. The van der Waals surface area contributed by atoms with Gasteiger partial charge in [-0.3, -0.25) is 4.79 Å². The molecule has 0 spiro atoms. The van der Waals surface area contributed by atoms with Crippen LogP contribution in [-0.2, 0) is 27.5 Å². The van der Waals surface area contributed by atoms with Crippen molar-refractivity contribution in [1.82, 2.24) is 5.32 Å². The number of aliphatic carboxylic acids is 1. The van der Waals surface area contributed by atoms with Gasteiger partial charge in [0, 0.05) is 18.2 Å². The first kappa shape index (κ1) is 27.7. The molecule has 0 atom stereocenters. The van der Waals surface area contributed by atoms with Crippen molar-refractivity contribution < 1.29 is 27.9 Å². The first-order valence-electron chi connectivity index (χ1n) is 12.6. The molecule has 7 nitrogen and oxygen atoms in total. The number of benzene rings is 2. The van der Waals surface area contributed by atoms with Gasteiger partial charge in [-0.1, -0.05) is 49.2 Å². The quantitative estimate of drug-likeness (QED) is 0.460. The molecule has 1 aliphatic carbocycles. The number of amides is 1. The number of rotatable bonds is 11. The first-order valence-corrected chi connectivity index (χ1v) is 14.6. The van der Waals surface area contributed by atoms with Crippen molar-refractivity contribution >= 4 is 21.7 Å². The molecule has 0 aromatic heterocycles. The van der Waals surface area contributed by atoms with Crippen LogP contribution in [0.5, 0.6) is 5.75 Å². The highest BCUT2D eigenvalue weighted by Crippen LogP contribution is 2.34. The summed E-state index contributed by atoms with van der Waals surface area (Å²) in [5.74, 6) is -0.585. The molecule has 0 radical (unpaired) electrons. The molecule has 0 saturated heterocycles. The maximum absolute atomic E-state index is 13.2. The first-order chi connectivity index (χ1) is 17.0. The largest absolute Gasteiger partial charge is 0.493 e. The predicted molar refractivity (Wildman–Crippen MR) is 140 cm³/mol. The average molecular weight is 516 g/mol. The topological polar surface area (TPSA) is 110 Å². The van der Waals surface area contributed by atoms with Crippen LogP contribution < -0.4 is 10.1 Å². The zero-order valence-corrected chi connectivity index (χ0v) is 22.2. The SMILES string of the molecule is CC[C@H]1CC[C@](NC(=O)c2ccc(CCS(C)(=O)=O)c(OCCc3cccc(C)c3)c2)(C(=O)O)CC1. The summed E-state index contributed by atoms with van der Waals surface area (Å²) in [6, 6.07) is 13.0. The number of hydrogen-bond acceptors (Lipinski definition) is 5. The molecule has 3 rings (SSSR count). The van der Waals surface area contributed by atoms with E-state index in [0.717, 1.165) is 30.4 Å². The Kier molecular flexibility index (Phi) is 9.17. The minimum Gasteiger partial charge on any atom is -0.493 e. The molecule has 0 aliphatic heterocycles. The summed E-state index contributed by atoms with van der Waals surface area (Å²) < 4.78 is 29.5. The second-order valence-electron chi connectivity index (χ2n) is 9.98. The van der Waals surface area contributed by atoms with E-state index in [0.29, 0.717) is 48.7 Å². The van der Waals surface area contributed by atoms with E-state index in [-0.39, 0.29) is 12.2 Å². The highest BCUT2D eigenvalue weighted by atomic mass is 32.2. The van der Waals surface area contributed by atoms with Crippen LogP contribution in [0.15, 0.2) is 42.5 Å². The van der Waals surface area contributed by atoms with Crippen molar-refractivity contribution in [2.45, 2.75) is 64.3 Å². The fourth-order valence-electron chi connectivity index (χ4n) is 4.74. The third-order valence-electron chi connectivity index (χ3n) is 7.10. The molecule has 1 fully saturated rings. The standard InChI is InChI=1S/C28H37NO6S/c1-4-21-10-14-28(15-11-21,27(31)32)29-26(30)24-9-8-23(13-17-36(3,33)34)25(19-24)35-16-12-22-7-5-6-20(2)18-22/h5-9,18-19,21H,4,10-17H2,1-3H3,(H,29,30)(H,31,32)/t21-,28+. The van der Waals surface area contributed by atoms with Gasteiger partial charge < -0.3 is 15.2 Å². The minimum atomic E-state index is -3.18. The maximum atomic E-state index is 13.2. The molecule has 196 valence electrons. The molecule has 8 heteroatoms. The Morgan fingerprint density at radius 2 is 1.83 bits per heavy atom. The summed E-state index contributed by atoms with van der Waals surface area (Å²) in [4.78, 5) is 25.3. The van der Waals surface area contributed by atoms with E-state index in [9.17, 15) is 23.1 Å². The Labute approximate surface area is 214 Å². The summed E-state index contributed by atoms with van der Waals surface area (Å²) in [6.07, 6.45) is 5.44. The van der Waals surface area contributed by atoms with Crippen LogP contribution in [0.1, 0.15) is 66.1 Å². The lowest BCUT2D eigenvalue weighted by molar-refractivity contribution is -0.146. The number of ether oxygens (including phenoxy) is 1. The van der Waals surface area contributed by atoms with Gasteiger partial charge in [0.2, 0.25) is 0 Å². The lowest BCUT2D eigenvalue weighted by Crippen LogP contribution is -2.56. The second kappa shape index (κ2) is 11.9. The van der Waals surface area contributed by atoms with Gasteiger partial charge in [0.15, 0.2) is 0 Å². The smallest absolute Gasteiger partial charge is 0.329 e. The van der Waals surface area contributed by atoms with E-state index < -0.39 is 27.3 Å². The van der Waals surface area contributed by atoms with Gasteiger partial charge in [-0.25, -0.2) is 13.2 Å². The van der Waals surface area contributed by atoms with Crippen molar-refractivity contribution in [1.29, 1.82) is 0 Å². The highest BCUT2D eigenvalue weighted by molar-refractivity contribution is 7.90. The zero-order chi connectivity index (χ0) is 26.3. The Morgan fingerprint density at radius 1 is 1.11 bits per heavy atom. The van der Waals surface area contributed by atoms with Crippen LogP contribution in [-0.4, -0.2) is 49.6 Å². The van der Waals surface area contributed by atoms with E-state index in [1.807, 2.05) is 25.1 Å². The molecule has 2 N–H and O–H groups in total. The molecule has 36 heavy (non-hydrogen) atoms. The van der Waals surface area contributed by atoms with E-state index >= 15 is 0 Å². The molecule has 2 aromatic rings. The average Bonchev–Trinajstić information content (AvgIpc) is 2.83. The normalized spacial score (nSPS) is 20.0. The van der Waals surface area contributed by atoms with Crippen molar-refractivity contribution in [3.05, 3.63) is 64.7 Å². The number of carbonyl (C=O) groups excluding carboxylic acids is 1. The van der Waals surface area contributed by atoms with Gasteiger partial charge in [-0.15, -0.1) is 0 Å². The van der Waals surface area contributed by atoms with Crippen molar-refractivity contribution in [2.24, 2.45) is 5.92 Å². The summed E-state index contributed by atoms with van der Waals surface area (Å²) in [5.41, 5.74) is 1.98. The van der Waals surface area contributed by atoms with Crippen LogP contribution >= 0.6 is 0 Å². The number of carbonyl (C=O) groups is 2. The van der Waals surface area contributed by atoms with Crippen LogP contribution in [0.4, 0.5) is 0 Å². The van der Waals surface area contributed by atoms with Crippen LogP contribution in [0.25, 0.3) is 0 Å². The molecule has 1 amide bonds. The summed E-state index contributed by atoms with van der Waals surface area (Å²) in [6.45, 7) is 4.48. The van der Waals surface area contributed by atoms with Crippen LogP contribution in [0, 0.1) is 12.8 Å². The van der Waals surface area contributed by atoms with Crippen molar-refractivity contribution in [3.63, 3.8) is 0 Å². The van der Waals surface area contributed by atoms with E-state index in [4.69, 9.17) is 4.74 Å². The van der Waals surface area contributed by atoms with Crippen molar-refractivity contribution in [3.8, 4) is 5.75 Å². The number of sulfone groups is 1. The lowest BCUT2D eigenvalue weighted by Gasteiger charge is -2.37. The van der Waals surface area contributed by atoms with E-state index in [1.54, 1.807) is 18.2 Å². The third kappa shape index (κ3) is 7.56. The molecular formula is C28H37NO6S. The van der Waals surface area contributed by atoms with E-state index in [1.165, 1.54) is 6.26 Å². The Hall–Kier alpha value is -2.87. The lowest BCUT2D eigenvalue weighted by atomic mass is 9.75. The Balaban J connectivity index is 1.78. The van der Waals surface area contributed by atoms with Gasteiger partial charge in [0.1, 0.15) is 21.1 Å². The Bertz CT molecular complexity index is 1180. The minimum absolute atomic E-state index is 0.0342. The number of nitrogens with one attached hydrogen (secondary N) is 1. The maximum Gasteiger partial charge on any atom is 0.329 e. The number of carboxylic acid groups (broad SMARTS) is 1. The summed E-state index contributed by atoms with van der Waals surface area (Å²) >= 11 is 0. The van der Waals surface area contributed by atoms with Gasteiger partial charge in [0.25, 0.3) is 5.91 Å². The zero-order valence-electron chi connectivity index (χ0n) is 21.4. The van der Waals surface area contributed by atoms with E-state index in [2.05, 4.69) is 18.3 Å². The molecule has 2 aromatic carbocycles. The van der Waals surface area contributed by atoms with Crippen LogP contribution in [0.2, 0.25) is 0 Å². The Morgan fingerprint density at radius 3 is 2.44 bits per heavy atom. The van der Waals surface area contributed by atoms with Crippen molar-refractivity contribution in [2.75, 3.05) is 18.6 Å². The summed E-state index contributed by atoms with van der Waals surface area (Å²) in [5, 5.41) is 12.7. The molecule has 0 bridgehead atoms. The fraction of sp³-hybridized carbons (Fsp3) is 0.500. The fourth-order valence-corrected chi connectivity index (χ4v) is 5.33. The van der Waals surface area contributed by atoms with Crippen LogP contribution in [0.3, 0.4) is 0 Å². The van der Waals surface area contributed by atoms with Gasteiger partial charge >= 0.3 is 5.97 Å². The molecular weight excluding hydrogens is 478 g/mol. The summed E-state index contributed by atoms with van der Waals surface area (Å²) in [7, 11) is -3.18. The predicted octanol–water partition coefficient (Wildman–Crippen LogP) is 4.36. The monoisotopic (exact) mass is 515 g/mol. The van der Waals surface area contributed by atoms with Gasteiger partial charge in [0.05, 0.1) is 12.4 Å². The molecule has 1 aliphatic rings. The van der Waals surface area contributed by atoms with Gasteiger partial charge in [-0.2, -0.15) is 0 Å². The highest BCUT2D eigenvalue weighted by Gasteiger charge is 2.43. The molecule has 0 heterocycles. The van der Waals surface area contributed by atoms with Gasteiger partial charge in [-0.05, 0) is 68.2 Å². The number of carboxylic acids is 1. The molecule has 0 unspecified atom stereocenters. The number of hydrogen-bond donors (Lipinski definition) is 2. The third-order valence-corrected chi connectivity index (χ3v) is 8.05.